The maximum absolute atomic E-state index is 12.5. The fraction of sp³-hybridized carbons (Fsp3) is 0.333. The van der Waals surface area contributed by atoms with Crippen molar-refractivity contribution in [3.05, 3.63) is 28.6 Å². The highest BCUT2D eigenvalue weighted by Crippen LogP contribution is 2.36. The van der Waals surface area contributed by atoms with Gasteiger partial charge in [0.25, 0.3) is 11.7 Å². The summed E-state index contributed by atoms with van der Waals surface area (Å²) in [5, 5.41) is -1.29. The van der Waals surface area contributed by atoms with E-state index in [1.807, 2.05) is 0 Å². The molecule has 0 radical (unpaired) electrons. The fourth-order valence-electron chi connectivity index (χ4n) is 1.29. The maximum Gasteiger partial charge on any atom is 0.433 e. The van der Waals surface area contributed by atoms with E-state index in [2.05, 4.69) is 4.98 Å². The minimum absolute atomic E-state index is 0.265. The summed E-state index contributed by atoms with van der Waals surface area (Å²) in [4.78, 5) is 13.7. The van der Waals surface area contributed by atoms with Gasteiger partial charge in [0, 0.05) is 12.1 Å². The van der Waals surface area contributed by atoms with Gasteiger partial charge in [0.05, 0.1) is 0 Å². The normalized spacial score (nSPS) is 12.0. The number of hydrogen-bond acceptors (Lipinski definition) is 3. The van der Waals surface area contributed by atoms with Gasteiger partial charge >= 0.3 is 6.18 Å². The van der Waals surface area contributed by atoms with Crippen LogP contribution in [0.2, 0.25) is 0 Å². The lowest BCUT2D eigenvalue weighted by molar-refractivity contribution is -0.143. The molecule has 0 saturated carbocycles. The van der Waals surface area contributed by atoms with Gasteiger partial charge in [-0.15, -0.1) is 0 Å². The molecule has 0 atom stereocenters. The SMILES string of the molecule is NCc1cc(C(F)F)c(C(F)(F)F)nc1C(=O)Cl. The van der Waals surface area contributed by atoms with Crippen LogP contribution in [0.5, 0.6) is 0 Å². The van der Waals surface area contributed by atoms with E-state index >= 15 is 0 Å². The summed E-state index contributed by atoms with van der Waals surface area (Å²) >= 11 is 5.03. The molecule has 0 aliphatic rings. The first-order chi connectivity index (χ1) is 8.18. The van der Waals surface area contributed by atoms with Crippen LogP contribution in [0, 0.1) is 0 Å². The minimum atomic E-state index is -5.11. The maximum atomic E-state index is 12.5. The number of rotatable bonds is 3. The van der Waals surface area contributed by atoms with Crippen LogP contribution >= 0.6 is 11.6 Å². The molecule has 1 rings (SSSR count). The summed E-state index contributed by atoms with van der Waals surface area (Å²) in [7, 11) is 0. The zero-order valence-electron chi connectivity index (χ0n) is 8.56. The Labute approximate surface area is 103 Å². The van der Waals surface area contributed by atoms with E-state index in [1.165, 1.54) is 0 Å². The van der Waals surface area contributed by atoms with Crippen molar-refractivity contribution >= 4 is 16.8 Å². The molecule has 0 aliphatic heterocycles. The molecule has 2 N–H and O–H groups in total. The van der Waals surface area contributed by atoms with E-state index in [4.69, 9.17) is 17.3 Å². The van der Waals surface area contributed by atoms with E-state index in [1.54, 1.807) is 0 Å². The van der Waals surface area contributed by atoms with Crippen molar-refractivity contribution in [2.45, 2.75) is 19.1 Å². The van der Waals surface area contributed by atoms with E-state index in [-0.39, 0.29) is 5.56 Å². The van der Waals surface area contributed by atoms with Crippen molar-refractivity contribution in [1.29, 1.82) is 0 Å². The Morgan fingerprint density at radius 1 is 1.44 bits per heavy atom. The highest BCUT2D eigenvalue weighted by Gasteiger charge is 2.39. The van der Waals surface area contributed by atoms with Crippen molar-refractivity contribution in [3.63, 3.8) is 0 Å². The summed E-state index contributed by atoms with van der Waals surface area (Å²) < 4.78 is 62.5. The molecule has 1 aromatic rings. The Morgan fingerprint density at radius 2 is 2.00 bits per heavy atom. The lowest BCUT2D eigenvalue weighted by Gasteiger charge is -2.14. The number of alkyl halides is 5. The number of nitrogens with zero attached hydrogens (tertiary/aromatic N) is 1. The Hall–Kier alpha value is -1.28. The Bertz CT molecular complexity index is 475. The van der Waals surface area contributed by atoms with Crippen LogP contribution in [0.15, 0.2) is 6.07 Å². The number of hydrogen-bond donors (Lipinski definition) is 1. The minimum Gasteiger partial charge on any atom is -0.326 e. The molecule has 0 aromatic carbocycles. The lowest BCUT2D eigenvalue weighted by atomic mass is 10.1. The van der Waals surface area contributed by atoms with E-state index in [0.29, 0.717) is 6.07 Å². The zero-order valence-corrected chi connectivity index (χ0v) is 9.32. The smallest absolute Gasteiger partial charge is 0.326 e. The molecular formula is C9H6ClF5N2O. The third-order valence-electron chi connectivity index (χ3n) is 2.04. The fourth-order valence-corrected chi connectivity index (χ4v) is 1.46. The Morgan fingerprint density at radius 3 is 2.33 bits per heavy atom. The highest BCUT2D eigenvalue weighted by molar-refractivity contribution is 6.67. The Balaban J connectivity index is 3.58. The van der Waals surface area contributed by atoms with Crippen molar-refractivity contribution in [2.75, 3.05) is 0 Å². The van der Waals surface area contributed by atoms with Crippen LogP contribution in [0.25, 0.3) is 0 Å². The summed E-state index contributed by atoms with van der Waals surface area (Å²) in [6.07, 6.45) is -8.50. The summed E-state index contributed by atoms with van der Waals surface area (Å²) in [5.41, 5.74) is 0.943. The molecule has 0 bridgehead atoms. The number of nitrogens with two attached hydrogens (primary N) is 1. The summed E-state index contributed by atoms with van der Waals surface area (Å²) in [6, 6.07) is 0.496. The van der Waals surface area contributed by atoms with Crippen LogP contribution in [0.1, 0.15) is 33.7 Å². The molecule has 0 fully saturated rings. The quantitative estimate of drug-likeness (QED) is 0.687. The van der Waals surface area contributed by atoms with Gasteiger partial charge in [-0.3, -0.25) is 4.79 Å². The van der Waals surface area contributed by atoms with Gasteiger partial charge in [0.15, 0.2) is 5.69 Å². The third-order valence-corrected chi connectivity index (χ3v) is 2.22. The molecule has 1 aromatic heterocycles. The van der Waals surface area contributed by atoms with Crippen molar-refractivity contribution in [3.8, 4) is 0 Å². The molecule has 0 amide bonds. The molecular weight excluding hydrogens is 283 g/mol. The number of halogens is 6. The van der Waals surface area contributed by atoms with E-state index < -0.39 is 41.3 Å². The molecule has 3 nitrogen and oxygen atoms in total. The van der Waals surface area contributed by atoms with Crippen molar-refractivity contribution in [1.82, 2.24) is 4.98 Å². The van der Waals surface area contributed by atoms with Gasteiger partial charge in [-0.05, 0) is 23.2 Å². The van der Waals surface area contributed by atoms with Crippen molar-refractivity contribution in [2.24, 2.45) is 5.73 Å². The van der Waals surface area contributed by atoms with Crippen LogP contribution in [-0.4, -0.2) is 10.2 Å². The molecule has 9 heteroatoms. The molecule has 0 aliphatic carbocycles. The summed E-state index contributed by atoms with van der Waals surface area (Å²) in [6.45, 7) is -0.432. The molecule has 0 spiro atoms. The van der Waals surface area contributed by atoms with Gasteiger partial charge in [-0.2, -0.15) is 13.2 Å². The number of aromatic nitrogens is 1. The first-order valence-electron chi connectivity index (χ1n) is 4.47. The Kier molecular flexibility index (Phi) is 4.23. The zero-order chi connectivity index (χ0) is 14.1. The van der Waals surface area contributed by atoms with Crippen molar-refractivity contribution < 1.29 is 26.7 Å². The van der Waals surface area contributed by atoms with Gasteiger partial charge < -0.3 is 5.73 Å². The molecule has 100 valence electrons. The van der Waals surface area contributed by atoms with E-state index in [0.717, 1.165) is 0 Å². The van der Waals surface area contributed by atoms with Gasteiger partial charge in [0.2, 0.25) is 0 Å². The number of carbonyl (C=O) groups excluding carboxylic acids is 1. The summed E-state index contributed by atoms with van der Waals surface area (Å²) in [5.74, 6) is 0. The molecule has 1 heterocycles. The average Bonchev–Trinajstić information content (AvgIpc) is 2.25. The second-order valence-electron chi connectivity index (χ2n) is 3.21. The second kappa shape index (κ2) is 5.15. The van der Waals surface area contributed by atoms with Crippen LogP contribution in [0.4, 0.5) is 22.0 Å². The second-order valence-corrected chi connectivity index (χ2v) is 3.55. The van der Waals surface area contributed by atoms with Gasteiger partial charge in [-0.1, -0.05) is 0 Å². The molecule has 0 unspecified atom stereocenters. The predicted octanol–water partition coefficient (Wildman–Crippen LogP) is 2.88. The molecule has 18 heavy (non-hydrogen) atoms. The van der Waals surface area contributed by atoms with Gasteiger partial charge in [-0.25, -0.2) is 13.8 Å². The standard InChI is InChI=1S/C9H6ClF5N2O/c10-7(18)5-3(2-16)1-4(8(11)12)6(17-5)9(13,14)15/h1,8H,2,16H2. The molecule has 0 saturated heterocycles. The van der Waals surface area contributed by atoms with Crippen LogP contribution in [-0.2, 0) is 12.7 Å². The average molecular weight is 289 g/mol. The first-order valence-corrected chi connectivity index (χ1v) is 4.85. The first kappa shape index (κ1) is 14.8. The topological polar surface area (TPSA) is 56.0 Å². The van der Waals surface area contributed by atoms with Crippen LogP contribution in [0.3, 0.4) is 0 Å². The van der Waals surface area contributed by atoms with Gasteiger partial charge in [0.1, 0.15) is 5.69 Å². The highest BCUT2D eigenvalue weighted by atomic mass is 35.5. The monoisotopic (exact) mass is 288 g/mol. The van der Waals surface area contributed by atoms with E-state index in [9.17, 15) is 26.7 Å². The number of pyridine rings is 1. The largest absolute Gasteiger partial charge is 0.433 e. The van der Waals surface area contributed by atoms with Crippen LogP contribution < -0.4 is 5.73 Å². The third kappa shape index (κ3) is 2.94. The lowest BCUT2D eigenvalue weighted by Crippen LogP contribution is -2.18. The number of carbonyl (C=O) groups is 1. The predicted molar refractivity (Wildman–Crippen MR) is 52.3 cm³/mol.